The van der Waals surface area contributed by atoms with Crippen molar-refractivity contribution in [2.75, 3.05) is 17.3 Å². The van der Waals surface area contributed by atoms with E-state index in [9.17, 15) is 4.79 Å². The molecule has 1 aromatic rings. The molecule has 88 valence electrons. The van der Waals surface area contributed by atoms with Gasteiger partial charge >= 0.3 is 0 Å². The number of amides is 1. The average Bonchev–Trinajstić information content (AvgIpc) is 2.29. The number of aromatic nitrogens is 1. The molecule has 1 amide bonds. The number of hydrogen-bond acceptors (Lipinski definition) is 4. The fourth-order valence-corrected chi connectivity index (χ4v) is 1.77. The number of carbonyl (C=O) groups excluding carboxylic acids is 1. The monoisotopic (exact) mass is 303 g/mol. The molecule has 1 aromatic heterocycles. The van der Waals surface area contributed by atoms with E-state index < -0.39 is 6.04 Å². The van der Waals surface area contributed by atoms with Gasteiger partial charge < -0.3 is 11.1 Å². The van der Waals surface area contributed by atoms with E-state index in [-0.39, 0.29) is 5.91 Å². The second kappa shape index (κ2) is 6.88. The molecular formula is C10H14BrN3OS. The number of rotatable bonds is 5. The fraction of sp³-hybridized carbons (Fsp3) is 0.400. The third-order valence-electron chi connectivity index (χ3n) is 1.95. The predicted molar refractivity (Wildman–Crippen MR) is 71.5 cm³/mol. The Morgan fingerprint density at radius 3 is 3.00 bits per heavy atom. The molecule has 4 nitrogen and oxygen atoms in total. The summed E-state index contributed by atoms with van der Waals surface area (Å²) in [7, 11) is 0. The normalized spacial score (nSPS) is 12.2. The molecule has 16 heavy (non-hydrogen) atoms. The molecule has 3 N–H and O–H groups in total. The molecule has 0 aromatic carbocycles. The largest absolute Gasteiger partial charge is 0.320 e. The minimum Gasteiger partial charge on any atom is -0.320 e. The van der Waals surface area contributed by atoms with Crippen LogP contribution >= 0.6 is 27.7 Å². The quantitative estimate of drug-likeness (QED) is 0.871. The summed E-state index contributed by atoms with van der Waals surface area (Å²) in [5, 5.41) is 2.67. The zero-order valence-corrected chi connectivity index (χ0v) is 11.3. The first kappa shape index (κ1) is 13.5. The summed E-state index contributed by atoms with van der Waals surface area (Å²) in [5.41, 5.74) is 5.72. The maximum Gasteiger partial charge on any atom is 0.242 e. The second-order valence-corrected chi connectivity index (χ2v) is 5.14. The first-order valence-electron chi connectivity index (χ1n) is 4.80. The van der Waals surface area contributed by atoms with Crippen LogP contribution in [0, 0.1) is 0 Å². The topological polar surface area (TPSA) is 68.0 Å². The van der Waals surface area contributed by atoms with Gasteiger partial charge in [-0.05, 0) is 46.5 Å². The minimum absolute atomic E-state index is 0.191. The minimum atomic E-state index is -0.474. The summed E-state index contributed by atoms with van der Waals surface area (Å²) in [5.74, 6) is 1.21. The van der Waals surface area contributed by atoms with Gasteiger partial charge in [0.25, 0.3) is 0 Å². The van der Waals surface area contributed by atoms with Gasteiger partial charge in [-0.1, -0.05) is 0 Å². The highest BCUT2D eigenvalue weighted by Gasteiger charge is 2.13. The molecule has 1 heterocycles. The van der Waals surface area contributed by atoms with E-state index in [0.29, 0.717) is 12.2 Å². The molecule has 0 aliphatic carbocycles. The summed E-state index contributed by atoms with van der Waals surface area (Å²) in [6.07, 6.45) is 4.29. The number of anilines is 1. The van der Waals surface area contributed by atoms with Gasteiger partial charge in [0.1, 0.15) is 5.82 Å². The summed E-state index contributed by atoms with van der Waals surface area (Å²) >= 11 is 4.95. The maximum atomic E-state index is 11.6. The molecule has 0 aliphatic heterocycles. The van der Waals surface area contributed by atoms with E-state index >= 15 is 0 Å². The Morgan fingerprint density at radius 2 is 2.44 bits per heavy atom. The highest BCUT2D eigenvalue weighted by Crippen LogP contribution is 2.10. The van der Waals surface area contributed by atoms with Gasteiger partial charge in [0.05, 0.1) is 6.04 Å². The molecule has 0 spiro atoms. The zero-order valence-electron chi connectivity index (χ0n) is 8.94. The lowest BCUT2D eigenvalue weighted by molar-refractivity contribution is -0.117. The molecular weight excluding hydrogens is 290 g/mol. The molecule has 1 rings (SSSR count). The standard InChI is InChI=1S/C10H14BrN3OS/c1-16-5-4-8(12)10(15)14-9-3-2-7(11)6-13-9/h2-3,6,8H,4-5,12H2,1H3,(H,13,14,15)/t8-/m1/s1. The molecule has 0 aliphatic rings. The van der Waals surface area contributed by atoms with Crippen molar-refractivity contribution in [1.29, 1.82) is 0 Å². The molecule has 0 fully saturated rings. The molecule has 0 bridgehead atoms. The molecule has 0 saturated heterocycles. The van der Waals surface area contributed by atoms with Crippen LogP contribution in [0.1, 0.15) is 6.42 Å². The van der Waals surface area contributed by atoms with E-state index in [1.807, 2.05) is 12.3 Å². The highest BCUT2D eigenvalue weighted by molar-refractivity contribution is 9.10. The van der Waals surface area contributed by atoms with Gasteiger partial charge in [0.15, 0.2) is 0 Å². The van der Waals surface area contributed by atoms with Crippen LogP contribution in [0.15, 0.2) is 22.8 Å². The Bertz CT molecular complexity index is 344. The predicted octanol–water partition coefficient (Wildman–Crippen LogP) is 1.86. The smallest absolute Gasteiger partial charge is 0.242 e. The number of hydrogen-bond donors (Lipinski definition) is 2. The van der Waals surface area contributed by atoms with Crippen LogP contribution in [0.2, 0.25) is 0 Å². The van der Waals surface area contributed by atoms with Gasteiger partial charge in [0.2, 0.25) is 5.91 Å². The second-order valence-electron chi connectivity index (χ2n) is 3.24. The zero-order chi connectivity index (χ0) is 12.0. The van der Waals surface area contributed by atoms with Crippen LogP contribution in [-0.2, 0) is 4.79 Å². The Morgan fingerprint density at radius 1 is 1.69 bits per heavy atom. The van der Waals surface area contributed by atoms with Crippen molar-refractivity contribution in [2.24, 2.45) is 5.73 Å². The number of halogens is 1. The van der Waals surface area contributed by atoms with Crippen molar-refractivity contribution in [3.05, 3.63) is 22.8 Å². The number of nitrogens with zero attached hydrogens (tertiary/aromatic N) is 1. The number of carbonyl (C=O) groups is 1. The summed E-state index contributed by atoms with van der Waals surface area (Å²) in [4.78, 5) is 15.6. The summed E-state index contributed by atoms with van der Waals surface area (Å²) in [6, 6.07) is 3.07. The molecule has 6 heteroatoms. The van der Waals surface area contributed by atoms with Crippen molar-refractivity contribution < 1.29 is 4.79 Å². The van der Waals surface area contributed by atoms with Gasteiger partial charge in [0, 0.05) is 10.7 Å². The lowest BCUT2D eigenvalue weighted by Gasteiger charge is -2.10. The first-order valence-corrected chi connectivity index (χ1v) is 6.99. The average molecular weight is 304 g/mol. The van der Waals surface area contributed by atoms with Crippen molar-refractivity contribution in [3.63, 3.8) is 0 Å². The SMILES string of the molecule is CSCC[C@@H](N)C(=O)Nc1ccc(Br)cn1. The molecule has 0 unspecified atom stereocenters. The van der Waals surface area contributed by atoms with E-state index in [0.717, 1.165) is 10.2 Å². The Balaban J connectivity index is 2.47. The summed E-state index contributed by atoms with van der Waals surface area (Å²) in [6.45, 7) is 0. The Kier molecular flexibility index (Phi) is 5.79. The lowest BCUT2D eigenvalue weighted by Crippen LogP contribution is -2.36. The van der Waals surface area contributed by atoms with E-state index in [2.05, 4.69) is 26.2 Å². The van der Waals surface area contributed by atoms with Crippen molar-refractivity contribution in [3.8, 4) is 0 Å². The van der Waals surface area contributed by atoms with Crippen LogP contribution in [0.3, 0.4) is 0 Å². The van der Waals surface area contributed by atoms with Crippen molar-refractivity contribution in [1.82, 2.24) is 4.98 Å². The third-order valence-corrected chi connectivity index (χ3v) is 3.06. The number of thioether (sulfide) groups is 1. The van der Waals surface area contributed by atoms with E-state index in [1.165, 1.54) is 0 Å². The van der Waals surface area contributed by atoms with Crippen LogP contribution in [0.4, 0.5) is 5.82 Å². The maximum absolute atomic E-state index is 11.6. The lowest BCUT2D eigenvalue weighted by atomic mass is 10.2. The molecule has 0 radical (unpaired) electrons. The van der Waals surface area contributed by atoms with Gasteiger partial charge in [-0.3, -0.25) is 4.79 Å². The fourth-order valence-electron chi connectivity index (χ4n) is 1.04. The van der Waals surface area contributed by atoms with E-state index in [4.69, 9.17) is 5.73 Å². The molecule has 0 saturated carbocycles. The molecule has 1 atom stereocenters. The number of nitrogens with one attached hydrogen (secondary N) is 1. The Labute approximate surface area is 108 Å². The van der Waals surface area contributed by atoms with Crippen LogP contribution < -0.4 is 11.1 Å². The first-order chi connectivity index (χ1) is 7.63. The van der Waals surface area contributed by atoms with Crippen LogP contribution in [0.25, 0.3) is 0 Å². The summed E-state index contributed by atoms with van der Waals surface area (Å²) < 4.78 is 0.872. The highest BCUT2D eigenvalue weighted by atomic mass is 79.9. The van der Waals surface area contributed by atoms with E-state index in [1.54, 1.807) is 24.0 Å². The van der Waals surface area contributed by atoms with Gasteiger partial charge in [-0.15, -0.1) is 0 Å². The van der Waals surface area contributed by atoms with Crippen molar-refractivity contribution >= 4 is 39.4 Å². The third kappa shape index (κ3) is 4.51. The number of pyridine rings is 1. The van der Waals surface area contributed by atoms with Crippen LogP contribution in [-0.4, -0.2) is 28.9 Å². The number of nitrogens with two attached hydrogens (primary N) is 1. The van der Waals surface area contributed by atoms with Crippen molar-refractivity contribution in [2.45, 2.75) is 12.5 Å². The van der Waals surface area contributed by atoms with Gasteiger partial charge in [-0.25, -0.2) is 4.98 Å². The van der Waals surface area contributed by atoms with Gasteiger partial charge in [-0.2, -0.15) is 11.8 Å². The Hall–Kier alpha value is -0.590. The van der Waals surface area contributed by atoms with Crippen LogP contribution in [0.5, 0.6) is 0 Å².